The zero-order valence-corrected chi connectivity index (χ0v) is 10.4. The summed E-state index contributed by atoms with van der Waals surface area (Å²) in [5.41, 5.74) is 2.39. The van der Waals surface area contributed by atoms with Gasteiger partial charge in [-0.2, -0.15) is 15.0 Å². The number of nitrogens with zero attached hydrogens (tertiary/aromatic N) is 3. The van der Waals surface area contributed by atoms with Gasteiger partial charge in [-0.25, -0.2) is 0 Å². The molecule has 1 saturated heterocycles. The van der Waals surface area contributed by atoms with Crippen molar-refractivity contribution in [2.45, 2.75) is 31.7 Å². The quantitative estimate of drug-likeness (QED) is 0.894. The average molecular weight is 242 g/mol. The third kappa shape index (κ3) is 2.59. The molecule has 4 heteroatoms. The lowest BCUT2D eigenvalue weighted by molar-refractivity contribution is 0.399. The SMILES string of the molecule is c1cc(C[C@@H]2CCCCN2)cc(-n2nccn2)c1. The Balaban J connectivity index is 1.74. The number of benzene rings is 1. The first-order valence-corrected chi connectivity index (χ1v) is 6.61. The smallest absolute Gasteiger partial charge is 0.0859 e. The molecule has 0 spiro atoms. The Hall–Kier alpha value is -1.68. The highest BCUT2D eigenvalue weighted by Gasteiger charge is 2.13. The van der Waals surface area contributed by atoms with Gasteiger partial charge in [0.25, 0.3) is 0 Å². The molecule has 1 aromatic heterocycles. The van der Waals surface area contributed by atoms with Crippen molar-refractivity contribution in [3.8, 4) is 5.69 Å². The Morgan fingerprint density at radius 3 is 2.89 bits per heavy atom. The van der Waals surface area contributed by atoms with E-state index >= 15 is 0 Å². The van der Waals surface area contributed by atoms with Crippen LogP contribution in [0.1, 0.15) is 24.8 Å². The van der Waals surface area contributed by atoms with Crippen molar-refractivity contribution >= 4 is 0 Å². The van der Waals surface area contributed by atoms with E-state index in [1.807, 2.05) is 6.07 Å². The summed E-state index contributed by atoms with van der Waals surface area (Å²) in [6, 6.07) is 9.10. The summed E-state index contributed by atoms with van der Waals surface area (Å²) < 4.78 is 0. The van der Waals surface area contributed by atoms with E-state index in [1.165, 1.54) is 24.8 Å². The molecule has 2 heterocycles. The van der Waals surface area contributed by atoms with Crippen LogP contribution in [0.3, 0.4) is 0 Å². The topological polar surface area (TPSA) is 42.7 Å². The van der Waals surface area contributed by atoms with Gasteiger partial charge in [-0.1, -0.05) is 18.6 Å². The third-order valence-corrected chi connectivity index (χ3v) is 3.45. The monoisotopic (exact) mass is 242 g/mol. The molecule has 18 heavy (non-hydrogen) atoms. The lowest BCUT2D eigenvalue weighted by Gasteiger charge is -2.23. The van der Waals surface area contributed by atoms with E-state index in [1.54, 1.807) is 17.2 Å². The first-order valence-electron chi connectivity index (χ1n) is 6.61. The van der Waals surface area contributed by atoms with Crippen LogP contribution in [0.25, 0.3) is 5.69 Å². The lowest BCUT2D eigenvalue weighted by atomic mass is 9.97. The molecule has 1 fully saturated rings. The molecule has 94 valence electrons. The third-order valence-electron chi connectivity index (χ3n) is 3.45. The highest BCUT2D eigenvalue weighted by atomic mass is 15.5. The summed E-state index contributed by atoms with van der Waals surface area (Å²) in [5, 5.41) is 11.9. The molecule has 2 aromatic rings. The standard InChI is InChI=1S/C14H18N4/c1-2-7-15-13(5-1)10-12-4-3-6-14(11-12)18-16-8-9-17-18/h3-4,6,8-9,11,13,15H,1-2,5,7,10H2/t13-/m0/s1. The van der Waals surface area contributed by atoms with Crippen LogP contribution in [0.4, 0.5) is 0 Å². The van der Waals surface area contributed by atoms with E-state index < -0.39 is 0 Å². The van der Waals surface area contributed by atoms with E-state index in [2.05, 4.69) is 33.7 Å². The van der Waals surface area contributed by atoms with Gasteiger partial charge < -0.3 is 5.32 Å². The maximum atomic E-state index is 4.16. The van der Waals surface area contributed by atoms with Crippen LogP contribution in [0.2, 0.25) is 0 Å². The predicted molar refractivity (Wildman–Crippen MR) is 70.7 cm³/mol. The van der Waals surface area contributed by atoms with Gasteiger partial charge in [0.05, 0.1) is 18.1 Å². The Morgan fingerprint density at radius 1 is 1.22 bits per heavy atom. The largest absolute Gasteiger partial charge is 0.314 e. The predicted octanol–water partition coefficient (Wildman–Crippen LogP) is 1.95. The summed E-state index contributed by atoms with van der Waals surface area (Å²) in [7, 11) is 0. The van der Waals surface area contributed by atoms with Crippen molar-refractivity contribution in [3.63, 3.8) is 0 Å². The van der Waals surface area contributed by atoms with Gasteiger partial charge in [-0.3, -0.25) is 0 Å². The highest BCUT2D eigenvalue weighted by molar-refractivity contribution is 5.34. The minimum atomic E-state index is 0.625. The van der Waals surface area contributed by atoms with Crippen LogP contribution < -0.4 is 5.32 Å². The molecule has 0 amide bonds. The molecule has 3 rings (SSSR count). The van der Waals surface area contributed by atoms with Gasteiger partial charge in [0.1, 0.15) is 0 Å². The number of rotatable bonds is 3. The minimum absolute atomic E-state index is 0.625. The molecule has 0 radical (unpaired) electrons. The molecule has 1 aromatic carbocycles. The molecule has 1 N–H and O–H groups in total. The molecule has 1 atom stereocenters. The van der Waals surface area contributed by atoms with Crippen molar-refractivity contribution in [2.24, 2.45) is 0 Å². The average Bonchev–Trinajstić information content (AvgIpc) is 2.94. The van der Waals surface area contributed by atoms with Gasteiger partial charge in [0.2, 0.25) is 0 Å². The van der Waals surface area contributed by atoms with Crippen LogP contribution in [0.5, 0.6) is 0 Å². The van der Waals surface area contributed by atoms with Gasteiger partial charge in [0.15, 0.2) is 0 Å². The van der Waals surface area contributed by atoms with Gasteiger partial charge in [0, 0.05) is 6.04 Å². The second-order valence-corrected chi connectivity index (χ2v) is 4.84. The van der Waals surface area contributed by atoms with Crippen LogP contribution >= 0.6 is 0 Å². The van der Waals surface area contributed by atoms with E-state index in [-0.39, 0.29) is 0 Å². The van der Waals surface area contributed by atoms with Crippen LogP contribution in [0, 0.1) is 0 Å². The second-order valence-electron chi connectivity index (χ2n) is 4.84. The molecular weight excluding hydrogens is 224 g/mol. The molecule has 0 unspecified atom stereocenters. The normalized spacial score (nSPS) is 19.9. The molecule has 1 aliphatic rings. The zero-order valence-electron chi connectivity index (χ0n) is 10.4. The van der Waals surface area contributed by atoms with Crippen LogP contribution in [-0.4, -0.2) is 27.6 Å². The van der Waals surface area contributed by atoms with Gasteiger partial charge in [-0.15, -0.1) is 0 Å². The fraction of sp³-hybridized carbons (Fsp3) is 0.429. The Bertz CT molecular complexity index is 486. The maximum Gasteiger partial charge on any atom is 0.0859 e. The number of piperidine rings is 1. The fourth-order valence-corrected chi connectivity index (χ4v) is 2.54. The first kappa shape index (κ1) is 11.4. The second kappa shape index (κ2) is 5.31. The Labute approximate surface area is 107 Å². The van der Waals surface area contributed by atoms with Gasteiger partial charge in [-0.05, 0) is 43.5 Å². The van der Waals surface area contributed by atoms with Crippen molar-refractivity contribution in [3.05, 3.63) is 42.2 Å². The van der Waals surface area contributed by atoms with E-state index in [9.17, 15) is 0 Å². The fourth-order valence-electron chi connectivity index (χ4n) is 2.54. The molecule has 1 aliphatic heterocycles. The van der Waals surface area contributed by atoms with Crippen molar-refractivity contribution in [1.82, 2.24) is 20.3 Å². The molecule has 0 saturated carbocycles. The van der Waals surface area contributed by atoms with E-state index in [0.717, 1.165) is 18.7 Å². The number of hydrogen-bond donors (Lipinski definition) is 1. The lowest BCUT2D eigenvalue weighted by Crippen LogP contribution is -2.35. The van der Waals surface area contributed by atoms with Crippen molar-refractivity contribution < 1.29 is 0 Å². The van der Waals surface area contributed by atoms with Gasteiger partial charge >= 0.3 is 0 Å². The van der Waals surface area contributed by atoms with E-state index in [0.29, 0.717) is 6.04 Å². The Morgan fingerprint density at radius 2 is 2.11 bits per heavy atom. The van der Waals surface area contributed by atoms with Crippen LogP contribution in [0.15, 0.2) is 36.7 Å². The number of aromatic nitrogens is 3. The molecule has 0 bridgehead atoms. The highest BCUT2D eigenvalue weighted by Crippen LogP contribution is 2.15. The number of nitrogens with one attached hydrogen (secondary N) is 1. The summed E-state index contributed by atoms with van der Waals surface area (Å²) >= 11 is 0. The van der Waals surface area contributed by atoms with E-state index in [4.69, 9.17) is 0 Å². The minimum Gasteiger partial charge on any atom is -0.314 e. The van der Waals surface area contributed by atoms with Crippen molar-refractivity contribution in [1.29, 1.82) is 0 Å². The maximum absolute atomic E-state index is 4.16. The molecule has 4 nitrogen and oxygen atoms in total. The zero-order chi connectivity index (χ0) is 12.2. The van der Waals surface area contributed by atoms with Crippen molar-refractivity contribution in [2.75, 3.05) is 6.54 Å². The first-order chi connectivity index (χ1) is 8.92. The summed E-state index contributed by atoms with van der Waals surface area (Å²) in [5.74, 6) is 0. The summed E-state index contributed by atoms with van der Waals surface area (Å²) in [4.78, 5) is 1.66. The molecule has 0 aliphatic carbocycles. The summed E-state index contributed by atoms with van der Waals surface area (Å²) in [6.45, 7) is 1.16. The van der Waals surface area contributed by atoms with Crippen LogP contribution in [-0.2, 0) is 6.42 Å². The number of hydrogen-bond acceptors (Lipinski definition) is 3. The molecular formula is C14H18N4. The summed E-state index contributed by atoms with van der Waals surface area (Å²) in [6.07, 6.45) is 8.44. The Kier molecular flexibility index (Phi) is 3.37.